The molecule has 0 saturated carbocycles. The van der Waals surface area contributed by atoms with Gasteiger partial charge in [-0.2, -0.15) is 0 Å². The first kappa shape index (κ1) is 22.7. The van der Waals surface area contributed by atoms with Crippen molar-refractivity contribution in [1.82, 2.24) is 4.90 Å². The number of carbonyl (C=O) groups is 2. The van der Waals surface area contributed by atoms with Crippen molar-refractivity contribution in [1.29, 1.82) is 0 Å². The highest BCUT2D eigenvalue weighted by atomic mass is 35.5. The van der Waals surface area contributed by atoms with Gasteiger partial charge in [-0.1, -0.05) is 47.6 Å². The third-order valence-electron chi connectivity index (χ3n) is 4.43. The molecule has 1 heterocycles. The number of ether oxygens (including phenoxy) is 2. The highest BCUT2D eigenvalue weighted by Gasteiger charge is 2.38. The standard InChI is InChI=1S/C22H22ClN3O4S/c1-4-10-26-21(28)19(31-22(26)24-14-8-6-5-7-9-14)13-20(27)25-16-12-17(29-2)15(23)11-18(16)30-3/h4-9,11-12,19H,1,10,13H2,2-3H3,(H,25,27)/t19-/m1/s1. The SMILES string of the molecule is C=CCN1C(=O)[C@@H](CC(=O)Nc2cc(OC)c(Cl)cc2OC)SC1=Nc1ccccc1. The number of aliphatic imine (C=N–C) groups is 1. The average molecular weight is 460 g/mol. The second-order valence-electron chi connectivity index (χ2n) is 6.51. The predicted molar refractivity (Wildman–Crippen MR) is 125 cm³/mol. The number of halogens is 1. The molecule has 0 spiro atoms. The van der Waals surface area contributed by atoms with Crippen molar-refractivity contribution in [2.75, 3.05) is 26.1 Å². The highest BCUT2D eigenvalue weighted by Crippen LogP contribution is 2.37. The molecule has 0 bridgehead atoms. The van der Waals surface area contributed by atoms with Crippen molar-refractivity contribution in [3.05, 3.63) is 60.1 Å². The number of methoxy groups -OCH3 is 2. The molecule has 2 aromatic rings. The lowest BCUT2D eigenvalue weighted by Crippen LogP contribution is -2.33. The van der Waals surface area contributed by atoms with E-state index in [1.54, 1.807) is 18.2 Å². The number of anilines is 1. The lowest BCUT2D eigenvalue weighted by Gasteiger charge is -2.15. The van der Waals surface area contributed by atoms with E-state index in [2.05, 4.69) is 16.9 Å². The summed E-state index contributed by atoms with van der Waals surface area (Å²) in [4.78, 5) is 31.7. The van der Waals surface area contributed by atoms with E-state index in [4.69, 9.17) is 21.1 Å². The number of benzene rings is 2. The van der Waals surface area contributed by atoms with E-state index in [-0.39, 0.29) is 18.2 Å². The Hall–Kier alpha value is -2.97. The maximum atomic E-state index is 12.9. The third-order valence-corrected chi connectivity index (χ3v) is 5.90. The Morgan fingerprint density at radius 2 is 1.97 bits per heavy atom. The fourth-order valence-electron chi connectivity index (χ4n) is 2.96. The lowest BCUT2D eigenvalue weighted by molar-refractivity contribution is -0.127. The molecule has 7 nitrogen and oxygen atoms in total. The van der Waals surface area contributed by atoms with Crippen molar-refractivity contribution >= 4 is 51.7 Å². The Labute approximate surface area is 190 Å². The van der Waals surface area contributed by atoms with Crippen LogP contribution in [0.15, 0.2) is 60.1 Å². The topological polar surface area (TPSA) is 80.2 Å². The summed E-state index contributed by atoms with van der Waals surface area (Å²) in [6.07, 6.45) is 1.60. The van der Waals surface area contributed by atoms with Gasteiger partial charge >= 0.3 is 0 Å². The number of nitrogens with one attached hydrogen (secondary N) is 1. The molecule has 0 radical (unpaired) electrons. The van der Waals surface area contributed by atoms with Crippen LogP contribution in [0.4, 0.5) is 11.4 Å². The minimum absolute atomic E-state index is 0.0287. The fourth-order valence-corrected chi connectivity index (χ4v) is 4.36. The zero-order valence-corrected chi connectivity index (χ0v) is 18.7. The first-order valence-electron chi connectivity index (χ1n) is 9.40. The number of hydrogen-bond acceptors (Lipinski definition) is 6. The molecule has 1 saturated heterocycles. The molecule has 0 aromatic heterocycles. The zero-order chi connectivity index (χ0) is 22.4. The van der Waals surface area contributed by atoms with Crippen LogP contribution in [0, 0.1) is 0 Å². The summed E-state index contributed by atoms with van der Waals surface area (Å²) in [6.45, 7) is 4.03. The summed E-state index contributed by atoms with van der Waals surface area (Å²) in [5.74, 6) is 0.270. The first-order valence-corrected chi connectivity index (χ1v) is 10.7. The fraction of sp³-hybridized carbons (Fsp3) is 0.227. The monoisotopic (exact) mass is 459 g/mol. The van der Waals surface area contributed by atoms with Gasteiger partial charge in [0.15, 0.2) is 5.17 Å². The number of amides is 2. The van der Waals surface area contributed by atoms with Crippen LogP contribution < -0.4 is 14.8 Å². The predicted octanol–water partition coefficient (Wildman–Crippen LogP) is 4.50. The molecular weight excluding hydrogens is 438 g/mol. The third kappa shape index (κ3) is 5.39. The molecule has 1 atom stereocenters. The Morgan fingerprint density at radius 1 is 1.26 bits per heavy atom. The lowest BCUT2D eigenvalue weighted by atomic mass is 10.2. The van der Waals surface area contributed by atoms with Crippen LogP contribution in [-0.4, -0.2) is 47.9 Å². The molecule has 31 heavy (non-hydrogen) atoms. The second-order valence-corrected chi connectivity index (χ2v) is 8.09. The minimum atomic E-state index is -0.595. The average Bonchev–Trinajstić information content (AvgIpc) is 3.04. The molecule has 0 unspecified atom stereocenters. The largest absolute Gasteiger partial charge is 0.495 e. The van der Waals surface area contributed by atoms with E-state index in [9.17, 15) is 9.59 Å². The van der Waals surface area contributed by atoms with E-state index >= 15 is 0 Å². The Balaban J connectivity index is 1.76. The smallest absolute Gasteiger partial charge is 0.242 e. The maximum absolute atomic E-state index is 12.9. The maximum Gasteiger partial charge on any atom is 0.242 e. The number of thioether (sulfide) groups is 1. The van der Waals surface area contributed by atoms with E-state index in [0.29, 0.717) is 33.9 Å². The molecular formula is C22H22ClN3O4S. The van der Waals surface area contributed by atoms with Gasteiger partial charge in [0.25, 0.3) is 0 Å². The van der Waals surface area contributed by atoms with Crippen LogP contribution >= 0.6 is 23.4 Å². The van der Waals surface area contributed by atoms with Crippen LogP contribution in [0.1, 0.15) is 6.42 Å². The molecule has 162 valence electrons. The van der Waals surface area contributed by atoms with Crippen LogP contribution in [0.25, 0.3) is 0 Å². The van der Waals surface area contributed by atoms with Gasteiger partial charge in [0.05, 0.1) is 30.6 Å². The summed E-state index contributed by atoms with van der Waals surface area (Å²) in [5, 5.41) is 3.08. The molecule has 1 N–H and O–H groups in total. The summed E-state index contributed by atoms with van der Waals surface area (Å²) in [7, 11) is 2.96. The van der Waals surface area contributed by atoms with Crippen LogP contribution in [0.2, 0.25) is 5.02 Å². The number of rotatable bonds is 8. The van der Waals surface area contributed by atoms with Crippen LogP contribution in [0.5, 0.6) is 11.5 Å². The van der Waals surface area contributed by atoms with Crippen molar-refractivity contribution in [2.24, 2.45) is 4.99 Å². The highest BCUT2D eigenvalue weighted by molar-refractivity contribution is 8.15. The number of amidine groups is 1. The van der Waals surface area contributed by atoms with Gasteiger partial charge in [0.1, 0.15) is 16.7 Å². The number of hydrogen-bond donors (Lipinski definition) is 1. The zero-order valence-electron chi connectivity index (χ0n) is 17.1. The minimum Gasteiger partial charge on any atom is -0.495 e. The quantitative estimate of drug-likeness (QED) is 0.588. The van der Waals surface area contributed by atoms with Gasteiger partial charge < -0.3 is 14.8 Å². The summed E-state index contributed by atoms with van der Waals surface area (Å²) in [6, 6.07) is 12.5. The van der Waals surface area contributed by atoms with E-state index in [1.807, 2.05) is 30.3 Å². The molecule has 0 aliphatic carbocycles. The first-order chi connectivity index (χ1) is 15.0. The van der Waals surface area contributed by atoms with Crippen LogP contribution in [-0.2, 0) is 9.59 Å². The van der Waals surface area contributed by atoms with E-state index in [0.717, 1.165) is 5.69 Å². The van der Waals surface area contributed by atoms with Crippen molar-refractivity contribution in [2.45, 2.75) is 11.7 Å². The summed E-state index contributed by atoms with van der Waals surface area (Å²) in [5.41, 5.74) is 1.14. The van der Waals surface area contributed by atoms with Crippen LogP contribution in [0.3, 0.4) is 0 Å². The Kier molecular flexibility index (Phi) is 7.59. The summed E-state index contributed by atoms with van der Waals surface area (Å²) < 4.78 is 10.5. The van der Waals surface area contributed by atoms with E-state index < -0.39 is 5.25 Å². The number of nitrogens with zero attached hydrogens (tertiary/aromatic N) is 2. The van der Waals surface area contributed by atoms with Crippen molar-refractivity contribution in [3.63, 3.8) is 0 Å². The van der Waals surface area contributed by atoms with Gasteiger partial charge in [0.2, 0.25) is 11.8 Å². The van der Waals surface area contributed by atoms with Gasteiger partial charge in [-0.05, 0) is 12.1 Å². The van der Waals surface area contributed by atoms with Crippen molar-refractivity contribution in [3.8, 4) is 11.5 Å². The molecule has 3 rings (SSSR count). The van der Waals surface area contributed by atoms with Gasteiger partial charge in [0, 0.05) is 25.1 Å². The number of carbonyl (C=O) groups excluding carboxylic acids is 2. The molecule has 2 amide bonds. The second kappa shape index (κ2) is 10.4. The van der Waals surface area contributed by atoms with E-state index in [1.165, 1.54) is 30.9 Å². The Morgan fingerprint density at radius 3 is 2.61 bits per heavy atom. The van der Waals surface area contributed by atoms with Gasteiger partial charge in [-0.25, -0.2) is 4.99 Å². The molecule has 1 aliphatic heterocycles. The normalized spacial score (nSPS) is 17.0. The van der Waals surface area contributed by atoms with Gasteiger partial charge in [-0.15, -0.1) is 6.58 Å². The summed E-state index contributed by atoms with van der Waals surface area (Å²) >= 11 is 7.37. The molecule has 1 fully saturated rings. The Bertz CT molecular complexity index is 1010. The molecule has 9 heteroatoms. The number of para-hydroxylation sites is 1. The molecule has 1 aliphatic rings. The molecule has 2 aromatic carbocycles. The van der Waals surface area contributed by atoms with Crippen molar-refractivity contribution < 1.29 is 19.1 Å². The van der Waals surface area contributed by atoms with Gasteiger partial charge in [-0.3, -0.25) is 14.5 Å².